The molecule has 0 saturated carbocycles. The zero-order chi connectivity index (χ0) is 10.6. The quantitative estimate of drug-likeness (QED) is 0.558. The molecule has 74 valence electrons. The summed E-state index contributed by atoms with van der Waals surface area (Å²) < 4.78 is 4.38. The molecular weight excluding hydrogens is 185 g/mol. The van der Waals surface area contributed by atoms with Crippen molar-refractivity contribution in [2.45, 2.75) is 0 Å². The topological polar surface area (TPSA) is 78.8 Å². The average Bonchev–Trinajstić information content (AvgIpc) is 2.18. The number of benzene rings is 1. The molecule has 14 heavy (non-hydrogen) atoms. The molecular formula is C8H10BNO4. The smallest absolute Gasteiger partial charge is 0.453 e. The van der Waals surface area contributed by atoms with E-state index in [9.17, 15) is 4.79 Å². The number of para-hydroxylation sites is 1. The molecule has 0 aliphatic rings. The van der Waals surface area contributed by atoms with Crippen molar-refractivity contribution in [2.75, 3.05) is 12.4 Å². The number of amides is 1. The molecule has 0 aliphatic heterocycles. The van der Waals surface area contributed by atoms with Crippen molar-refractivity contribution in [3.8, 4) is 0 Å². The highest BCUT2D eigenvalue weighted by atomic mass is 16.5. The van der Waals surface area contributed by atoms with E-state index >= 15 is 0 Å². The highest BCUT2D eigenvalue weighted by Gasteiger charge is 2.16. The second kappa shape index (κ2) is 4.64. The Hall–Kier alpha value is -1.53. The molecule has 1 amide bonds. The van der Waals surface area contributed by atoms with E-state index < -0.39 is 13.2 Å². The highest BCUT2D eigenvalue weighted by Crippen LogP contribution is 2.03. The summed E-state index contributed by atoms with van der Waals surface area (Å²) in [5, 5.41) is 20.3. The molecule has 0 aromatic heterocycles. The van der Waals surface area contributed by atoms with E-state index in [-0.39, 0.29) is 5.46 Å². The first-order chi connectivity index (χ1) is 6.65. The fourth-order valence-electron chi connectivity index (χ4n) is 0.997. The Morgan fingerprint density at radius 3 is 2.64 bits per heavy atom. The number of carbonyl (C=O) groups excluding carboxylic acids is 1. The van der Waals surface area contributed by atoms with Crippen molar-refractivity contribution in [2.24, 2.45) is 0 Å². The Kier molecular flexibility index (Phi) is 3.50. The predicted octanol–water partition coefficient (Wildman–Crippen LogP) is -0.455. The fraction of sp³-hybridized carbons (Fsp3) is 0.125. The van der Waals surface area contributed by atoms with Gasteiger partial charge in [0.1, 0.15) is 0 Å². The van der Waals surface area contributed by atoms with Crippen molar-refractivity contribution in [1.29, 1.82) is 0 Å². The van der Waals surface area contributed by atoms with E-state index in [1.807, 2.05) is 0 Å². The monoisotopic (exact) mass is 195 g/mol. The van der Waals surface area contributed by atoms with Gasteiger partial charge in [0.25, 0.3) is 0 Å². The highest BCUT2D eigenvalue weighted by molar-refractivity contribution is 6.60. The largest absolute Gasteiger partial charge is 0.490 e. The number of anilines is 1. The molecule has 0 unspecified atom stereocenters. The minimum Gasteiger partial charge on any atom is -0.453 e. The van der Waals surface area contributed by atoms with Crippen LogP contribution in [0.5, 0.6) is 0 Å². The van der Waals surface area contributed by atoms with Crippen LogP contribution in [0.25, 0.3) is 0 Å². The van der Waals surface area contributed by atoms with E-state index in [0.29, 0.717) is 5.69 Å². The van der Waals surface area contributed by atoms with Crippen molar-refractivity contribution in [3.05, 3.63) is 24.3 Å². The summed E-state index contributed by atoms with van der Waals surface area (Å²) in [5.74, 6) is 0. The van der Waals surface area contributed by atoms with Crippen LogP contribution < -0.4 is 10.8 Å². The lowest BCUT2D eigenvalue weighted by molar-refractivity contribution is 0.187. The summed E-state index contributed by atoms with van der Waals surface area (Å²) in [6, 6.07) is 6.34. The van der Waals surface area contributed by atoms with Crippen molar-refractivity contribution in [1.82, 2.24) is 0 Å². The van der Waals surface area contributed by atoms with Gasteiger partial charge in [-0.3, -0.25) is 5.32 Å². The summed E-state index contributed by atoms with van der Waals surface area (Å²) in [7, 11) is -0.392. The van der Waals surface area contributed by atoms with Gasteiger partial charge in [-0.15, -0.1) is 0 Å². The van der Waals surface area contributed by atoms with E-state index in [2.05, 4.69) is 10.1 Å². The summed E-state index contributed by atoms with van der Waals surface area (Å²) in [6.45, 7) is 0. The molecule has 1 aromatic carbocycles. The van der Waals surface area contributed by atoms with Crippen LogP contribution >= 0.6 is 0 Å². The van der Waals surface area contributed by atoms with Crippen LogP contribution in [-0.2, 0) is 4.74 Å². The van der Waals surface area contributed by atoms with Crippen LogP contribution in [0.15, 0.2) is 24.3 Å². The lowest BCUT2D eigenvalue weighted by atomic mass is 9.79. The van der Waals surface area contributed by atoms with Crippen LogP contribution in [0.4, 0.5) is 10.5 Å². The van der Waals surface area contributed by atoms with Gasteiger partial charge in [0.05, 0.1) is 7.11 Å². The molecule has 0 saturated heterocycles. The summed E-state index contributed by atoms with van der Waals surface area (Å²) in [4.78, 5) is 10.9. The lowest BCUT2D eigenvalue weighted by Gasteiger charge is -2.08. The molecule has 0 radical (unpaired) electrons. The molecule has 0 bridgehead atoms. The van der Waals surface area contributed by atoms with Crippen molar-refractivity contribution >= 4 is 24.4 Å². The average molecular weight is 195 g/mol. The predicted molar refractivity (Wildman–Crippen MR) is 52.3 cm³/mol. The number of methoxy groups -OCH3 is 1. The molecule has 0 aliphatic carbocycles. The summed E-state index contributed by atoms with van der Waals surface area (Å²) >= 11 is 0. The molecule has 6 heteroatoms. The number of carbonyl (C=O) groups is 1. The van der Waals surface area contributed by atoms with Gasteiger partial charge in [-0.1, -0.05) is 18.2 Å². The second-order valence-corrected chi connectivity index (χ2v) is 2.58. The third-order valence-corrected chi connectivity index (χ3v) is 1.66. The van der Waals surface area contributed by atoms with Crippen LogP contribution in [0, 0.1) is 0 Å². The Balaban J connectivity index is 2.90. The zero-order valence-corrected chi connectivity index (χ0v) is 7.60. The van der Waals surface area contributed by atoms with E-state index in [1.54, 1.807) is 18.2 Å². The SMILES string of the molecule is COC(=O)Nc1ccccc1B(O)O. The summed E-state index contributed by atoms with van der Waals surface area (Å²) in [6.07, 6.45) is -0.655. The third-order valence-electron chi connectivity index (χ3n) is 1.66. The number of nitrogens with one attached hydrogen (secondary N) is 1. The minimum absolute atomic E-state index is 0.220. The molecule has 0 atom stereocenters. The van der Waals surface area contributed by atoms with Crippen LogP contribution in [0.2, 0.25) is 0 Å². The van der Waals surface area contributed by atoms with Gasteiger partial charge in [-0.25, -0.2) is 4.79 Å². The minimum atomic E-state index is -1.62. The van der Waals surface area contributed by atoms with Gasteiger partial charge >= 0.3 is 13.2 Å². The molecule has 0 fully saturated rings. The lowest BCUT2D eigenvalue weighted by Crippen LogP contribution is -2.33. The number of hydrogen-bond donors (Lipinski definition) is 3. The first kappa shape index (κ1) is 10.6. The molecule has 1 rings (SSSR count). The normalized spacial score (nSPS) is 9.36. The Morgan fingerprint density at radius 1 is 1.43 bits per heavy atom. The van der Waals surface area contributed by atoms with Gasteiger partial charge < -0.3 is 14.8 Å². The number of ether oxygens (including phenoxy) is 1. The molecule has 0 heterocycles. The first-order valence-corrected chi connectivity index (χ1v) is 3.95. The van der Waals surface area contributed by atoms with Gasteiger partial charge in [0.2, 0.25) is 0 Å². The van der Waals surface area contributed by atoms with E-state index in [4.69, 9.17) is 10.0 Å². The van der Waals surface area contributed by atoms with Crippen molar-refractivity contribution in [3.63, 3.8) is 0 Å². The molecule has 1 aromatic rings. The van der Waals surface area contributed by atoms with Gasteiger partial charge in [0, 0.05) is 11.2 Å². The van der Waals surface area contributed by atoms with Crippen LogP contribution in [0.1, 0.15) is 0 Å². The third kappa shape index (κ3) is 2.48. The Labute approximate surface area is 81.5 Å². The number of hydrogen-bond acceptors (Lipinski definition) is 4. The molecule has 0 spiro atoms. The van der Waals surface area contributed by atoms with Crippen molar-refractivity contribution < 1.29 is 19.6 Å². The Morgan fingerprint density at radius 2 is 2.07 bits per heavy atom. The fourth-order valence-corrected chi connectivity index (χ4v) is 0.997. The maximum Gasteiger partial charge on any atom is 0.490 e. The van der Waals surface area contributed by atoms with Gasteiger partial charge in [-0.05, 0) is 6.07 Å². The molecule has 5 nitrogen and oxygen atoms in total. The molecule has 3 N–H and O–H groups in total. The van der Waals surface area contributed by atoms with Gasteiger partial charge in [0.15, 0.2) is 0 Å². The van der Waals surface area contributed by atoms with E-state index in [1.165, 1.54) is 13.2 Å². The Bertz CT molecular complexity index is 329. The van der Waals surface area contributed by atoms with Crippen LogP contribution in [0.3, 0.4) is 0 Å². The standard InChI is InChI=1S/C8H10BNO4/c1-14-8(11)10-7-5-3-2-4-6(7)9(12)13/h2-5,12-13H,1H3,(H,10,11). The second-order valence-electron chi connectivity index (χ2n) is 2.58. The first-order valence-electron chi connectivity index (χ1n) is 3.95. The van der Waals surface area contributed by atoms with E-state index in [0.717, 1.165) is 0 Å². The number of rotatable bonds is 2. The zero-order valence-electron chi connectivity index (χ0n) is 7.60. The van der Waals surface area contributed by atoms with Gasteiger partial charge in [-0.2, -0.15) is 0 Å². The maximum atomic E-state index is 10.9. The summed E-state index contributed by atoms with van der Waals surface area (Å²) in [5.41, 5.74) is 0.534. The maximum absolute atomic E-state index is 10.9. The van der Waals surface area contributed by atoms with Crippen LogP contribution in [-0.4, -0.2) is 30.4 Å².